The van der Waals surface area contributed by atoms with E-state index in [-0.39, 0.29) is 69.5 Å². The molecule has 0 amide bonds. The predicted octanol–water partition coefficient (Wildman–Crippen LogP) is 5.91. The van der Waals surface area contributed by atoms with Crippen LogP contribution in [0.5, 0.6) is 0 Å². The zero-order chi connectivity index (χ0) is 26.6. The summed E-state index contributed by atoms with van der Waals surface area (Å²) in [7, 11) is 0. The van der Waals surface area contributed by atoms with Gasteiger partial charge in [-0.2, -0.15) is 0 Å². The summed E-state index contributed by atoms with van der Waals surface area (Å²) in [6.07, 6.45) is 8.17. The SMILES string of the molecule is CCCCC(C(C)=O)C(C)=O.CCCCC(C(C)=O)C(C)=O.CCCCC(C(C)=O)C(C)=O.[Fe]. The molecule has 0 aliphatic heterocycles. The molecule has 0 spiro atoms. The van der Waals surface area contributed by atoms with Gasteiger partial charge in [-0.3, -0.25) is 28.8 Å². The van der Waals surface area contributed by atoms with Crippen molar-refractivity contribution in [2.75, 3.05) is 0 Å². The number of ketones is 6. The Kier molecular flexibility index (Phi) is 28.8. The van der Waals surface area contributed by atoms with Crippen LogP contribution in [-0.2, 0) is 45.8 Å². The van der Waals surface area contributed by atoms with Gasteiger partial charge < -0.3 is 0 Å². The van der Waals surface area contributed by atoms with Gasteiger partial charge in [0.1, 0.15) is 34.7 Å². The molecule has 0 atom stereocenters. The first-order valence-corrected chi connectivity index (χ1v) is 12.3. The van der Waals surface area contributed by atoms with E-state index in [2.05, 4.69) is 20.8 Å². The van der Waals surface area contributed by atoms with Crippen LogP contribution in [0.15, 0.2) is 0 Å². The molecule has 7 heteroatoms. The average molecular weight is 525 g/mol. The second-order valence-corrected chi connectivity index (χ2v) is 8.75. The monoisotopic (exact) mass is 524 g/mol. The van der Waals surface area contributed by atoms with Crippen molar-refractivity contribution in [1.82, 2.24) is 0 Å². The van der Waals surface area contributed by atoms with Crippen molar-refractivity contribution in [2.45, 2.75) is 120 Å². The first-order chi connectivity index (χ1) is 15.3. The van der Waals surface area contributed by atoms with Gasteiger partial charge >= 0.3 is 0 Å². The van der Waals surface area contributed by atoms with Crippen molar-refractivity contribution in [2.24, 2.45) is 17.8 Å². The molecule has 0 radical (unpaired) electrons. The fourth-order valence-corrected chi connectivity index (χ4v) is 3.30. The quantitative estimate of drug-likeness (QED) is 0.195. The summed E-state index contributed by atoms with van der Waals surface area (Å²) in [6, 6.07) is 0. The second-order valence-electron chi connectivity index (χ2n) is 8.75. The second kappa shape index (κ2) is 24.7. The molecule has 0 aliphatic rings. The van der Waals surface area contributed by atoms with Gasteiger partial charge in [-0.15, -0.1) is 0 Å². The Morgan fingerprint density at radius 1 is 0.412 bits per heavy atom. The molecule has 0 aliphatic carbocycles. The molecule has 0 N–H and O–H groups in total. The van der Waals surface area contributed by atoms with Gasteiger partial charge in [0.2, 0.25) is 0 Å². The van der Waals surface area contributed by atoms with E-state index >= 15 is 0 Å². The van der Waals surface area contributed by atoms with E-state index in [1.165, 1.54) is 41.5 Å². The Bertz CT molecular complexity index is 499. The fraction of sp³-hybridized carbons (Fsp3) is 0.778. The van der Waals surface area contributed by atoms with Crippen LogP contribution < -0.4 is 0 Å². The van der Waals surface area contributed by atoms with Crippen molar-refractivity contribution in [3.8, 4) is 0 Å². The summed E-state index contributed by atoms with van der Waals surface area (Å²) in [5.74, 6) is -0.981. The van der Waals surface area contributed by atoms with Gasteiger partial charge in [-0.25, -0.2) is 0 Å². The minimum Gasteiger partial charge on any atom is -0.299 e. The van der Waals surface area contributed by atoms with Crippen molar-refractivity contribution in [3.05, 3.63) is 0 Å². The Morgan fingerprint density at radius 3 is 0.647 bits per heavy atom. The van der Waals surface area contributed by atoms with Crippen molar-refractivity contribution in [1.29, 1.82) is 0 Å². The third-order valence-corrected chi connectivity index (χ3v) is 5.48. The molecule has 0 rings (SSSR count). The smallest absolute Gasteiger partial charge is 0.140 e. The molecule has 200 valence electrons. The summed E-state index contributed by atoms with van der Waals surface area (Å²) >= 11 is 0. The molecule has 6 nitrogen and oxygen atoms in total. The minimum atomic E-state index is -0.338. The van der Waals surface area contributed by atoms with Crippen LogP contribution in [0.2, 0.25) is 0 Å². The van der Waals surface area contributed by atoms with Crippen LogP contribution in [0.25, 0.3) is 0 Å². The maximum absolute atomic E-state index is 10.9. The first kappa shape index (κ1) is 39.7. The molecule has 0 aromatic carbocycles. The Morgan fingerprint density at radius 2 is 0.559 bits per heavy atom. The van der Waals surface area contributed by atoms with Crippen LogP contribution in [-0.4, -0.2) is 34.7 Å². The van der Waals surface area contributed by atoms with Crippen LogP contribution >= 0.6 is 0 Å². The largest absolute Gasteiger partial charge is 0.299 e. The van der Waals surface area contributed by atoms with Gasteiger partial charge in [0.25, 0.3) is 0 Å². The third-order valence-electron chi connectivity index (χ3n) is 5.48. The van der Waals surface area contributed by atoms with E-state index in [0.29, 0.717) is 0 Å². The molecule has 0 fully saturated rings. The molecular formula is C27H48FeO6. The van der Waals surface area contributed by atoms with E-state index in [1.807, 2.05) is 0 Å². The number of rotatable bonds is 15. The molecule has 0 saturated heterocycles. The third kappa shape index (κ3) is 22.3. The summed E-state index contributed by atoms with van der Waals surface area (Å²) in [5, 5.41) is 0. The van der Waals surface area contributed by atoms with Crippen LogP contribution in [0.3, 0.4) is 0 Å². The summed E-state index contributed by atoms with van der Waals surface area (Å²) in [4.78, 5) is 65.2. The molecule has 0 bridgehead atoms. The molecule has 0 aromatic rings. The first-order valence-electron chi connectivity index (χ1n) is 12.3. The molecule has 0 heterocycles. The van der Waals surface area contributed by atoms with Gasteiger partial charge in [0, 0.05) is 17.1 Å². The van der Waals surface area contributed by atoms with Crippen LogP contribution in [0, 0.1) is 17.8 Å². The minimum absolute atomic E-state index is 0. The fourth-order valence-electron chi connectivity index (χ4n) is 3.30. The summed E-state index contributed by atoms with van der Waals surface area (Å²) < 4.78 is 0. The number of hydrogen-bond acceptors (Lipinski definition) is 6. The number of carbonyl (C=O) groups excluding carboxylic acids is 6. The van der Waals surface area contributed by atoms with E-state index < -0.39 is 0 Å². The Balaban J connectivity index is -0.000000196. The van der Waals surface area contributed by atoms with E-state index in [9.17, 15) is 28.8 Å². The van der Waals surface area contributed by atoms with E-state index in [0.717, 1.165) is 57.8 Å². The van der Waals surface area contributed by atoms with Crippen LogP contribution in [0.4, 0.5) is 0 Å². The maximum atomic E-state index is 10.9. The molecule has 0 aromatic heterocycles. The van der Waals surface area contributed by atoms with E-state index in [1.54, 1.807) is 0 Å². The molecule has 0 unspecified atom stereocenters. The van der Waals surface area contributed by atoms with Crippen molar-refractivity contribution in [3.63, 3.8) is 0 Å². The number of hydrogen-bond donors (Lipinski definition) is 0. The zero-order valence-electron chi connectivity index (χ0n) is 22.9. The van der Waals surface area contributed by atoms with E-state index in [4.69, 9.17) is 0 Å². The van der Waals surface area contributed by atoms with Crippen molar-refractivity contribution < 1.29 is 45.8 Å². The Labute approximate surface area is 218 Å². The van der Waals surface area contributed by atoms with Crippen molar-refractivity contribution >= 4 is 34.7 Å². The average Bonchev–Trinajstić information content (AvgIpc) is 2.68. The number of carbonyl (C=O) groups is 6. The van der Waals surface area contributed by atoms with Gasteiger partial charge in [0.15, 0.2) is 0 Å². The topological polar surface area (TPSA) is 102 Å². The predicted molar refractivity (Wildman–Crippen MR) is 133 cm³/mol. The summed E-state index contributed by atoms with van der Waals surface area (Å²) in [6.45, 7) is 15.1. The molecule has 0 saturated carbocycles. The normalized spacial score (nSPS) is 9.88. The zero-order valence-corrected chi connectivity index (χ0v) is 24.0. The standard InChI is InChI=1S/3C9H16O2.Fe/c3*1-4-5-6-9(7(2)10)8(3)11;/h3*9H,4-6H2,1-3H3;. The van der Waals surface area contributed by atoms with Gasteiger partial charge in [-0.1, -0.05) is 59.3 Å². The van der Waals surface area contributed by atoms with Gasteiger partial charge in [-0.05, 0) is 60.8 Å². The molecular weight excluding hydrogens is 476 g/mol. The maximum Gasteiger partial charge on any atom is 0.140 e. The Hall–Kier alpha value is -1.46. The van der Waals surface area contributed by atoms with Crippen LogP contribution in [0.1, 0.15) is 120 Å². The number of unbranched alkanes of at least 4 members (excludes halogenated alkanes) is 3. The summed E-state index contributed by atoms with van der Waals surface area (Å²) in [5.41, 5.74) is 0. The number of Topliss-reactive ketones (excluding diaryl/α,β-unsaturated/α-hetero) is 6. The molecule has 34 heavy (non-hydrogen) atoms. The van der Waals surface area contributed by atoms with Gasteiger partial charge in [0.05, 0.1) is 17.8 Å².